The first-order valence-corrected chi connectivity index (χ1v) is 9.67. The Morgan fingerprint density at radius 1 is 1.40 bits per heavy atom. The molecule has 1 aliphatic rings. The van der Waals surface area contributed by atoms with Crippen LogP contribution in [0.25, 0.3) is 0 Å². The molecular weight excluding hydrogens is 358 g/mol. The fourth-order valence-electron chi connectivity index (χ4n) is 2.63. The van der Waals surface area contributed by atoms with Gasteiger partial charge in [0.15, 0.2) is 0 Å². The maximum atomic E-state index is 10.4. The van der Waals surface area contributed by atoms with Crippen LogP contribution in [-0.4, -0.2) is 23.3 Å². The van der Waals surface area contributed by atoms with E-state index in [9.17, 15) is 4.79 Å². The Morgan fingerprint density at radius 2 is 2.28 bits per heavy atom. The molecule has 1 aliphatic carbocycles. The molecular formula is C19H20ClNO3S. The van der Waals surface area contributed by atoms with Crippen LogP contribution in [0.3, 0.4) is 0 Å². The van der Waals surface area contributed by atoms with Crippen LogP contribution >= 0.6 is 23.4 Å². The first-order chi connectivity index (χ1) is 12.2. The van der Waals surface area contributed by atoms with Crippen molar-refractivity contribution < 1.29 is 14.3 Å². The zero-order valence-electron chi connectivity index (χ0n) is 14.0. The van der Waals surface area contributed by atoms with Crippen molar-refractivity contribution in [3.8, 4) is 5.75 Å². The zero-order chi connectivity index (χ0) is 17.6. The lowest BCUT2D eigenvalue weighted by atomic mass is 10.1. The van der Waals surface area contributed by atoms with Crippen molar-refractivity contribution in [3.05, 3.63) is 52.7 Å². The van der Waals surface area contributed by atoms with Gasteiger partial charge >= 0.3 is 0 Å². The molecule has 2 aromatic rings. The molecule has 3 rings (SSSR count). The van der Waals surface area contributed by atoms with E-state index in [2.05, 4.69) is 11.9 Å². The van der Waals surface area contributed by atoms with Crippen molar-refractivity contribution in [1.82, 2.24) is 4.98 Å². The molecule has 2 atom stereocenters. The lowest BCUT2D eigenvalue weighted by Gasteiger charge is -2.12. The normalized spacial score (nSPS) is 18.6. The molecule has 1 aromatic carbocycles. The van der Waals surface area contributed by atoms with Gasteiger partial charge in [-0.1, -0.05) is 30.7 Å². The highest BCUT2D eigenvalue weighted by molar-refractivity contribution is 7.99. The van der Waals surface area contributed by atoms with Crippen molar-refractivity contribution in [2.75, 3.05) is 5.75 Å². The molecule has 0 aliphatic heterocycles. The van der Waals surface area contributed by atoms with Crippen LogP contribution < -0.4 is 4.74 Å². The van der Waals surface area contributed by atoms with Gasteiger partial charge in [0, 0.05) is 17.7 Å². The number of carbonyl (C=O) groups excluding carboxylic acids is 1. The van der Waals surface area contributed by atoms with Crippen molar-refractivity contribution in [2.45, 2.75) is 43.4 Å². The highest BCUT2D eigenvalue weighted by atomic mass is 35.5. The monoisotopic (exact) mass is 377 g/mol. The van der Waals surface area contributed by atoms with Gasteiger partial charge in [-0.2, -0.15) is 0 Å². The van der Waals surface area contributed by atoms with E-state index in [4.69, 9.17) is 21.1 Å². The maximum Gasteiger partial charge on any atom is 0.293 e. The largest absolute Gasteiger partial charge is 0.487 e. The van der Waals surface area contributed by atoms with Crippen LogP contribution in [0.1, 0.15) is 36.8 Å². The fraction of sp³-hybridized carbons (Fsp3) is 0.368. The maximum absolute atomic E-state index is 10.4. The van der Waals surface area contributed by atoms with Gasteiger partial charge in [0.2, 0.25) is 0 Å². The van der Waals surface area contributed by atoms with E-state index in [0.29, 0.717) is 23.9 Å². The summed E-state index contributed by atoms with van der Waals surface area (Å²) in [7, 11) is 0. The number of aromatic nitrogens is 1. The standard InChI is InChI=1S/C19H20ClNO3S/c1-2-8-25-19-14(4-3-7-21-19)11-23-17-6-5-13(9-16(17)20)15-10-18(15)24-12-22/h3-7,9,12,15,18H,2,8,10-11H2,1H3. The Balaban J connectivity index is 1.63. The van der Waals surface area contributed by atoms with E-state index in [1.165, 1.54) is 0 Å². The SMILES string of the molecule is CCCSc1ncccc1COc1ccc(C2CC2OC=O)cc1Cl. The first kappa shape index (κ1) is 18.1. The van der Waals surface area contributed by atoms with Gasteiger partial charge in [-0.25, -0.2) is 4.98 Å². The Morgan fingerprint density at radius 3 is 3.04 bits per heavy atom. The minimum Gasteiger partial charge on any atom is -0.487 e. The summed E-state index contributed by atoms with van der Waals surface area (Å²) in [6.45, 7) is 3.09. The number of benzene rings is 1. The Bertz CT molecular complexity index is 740. The third-order valence-corrected chi connectivity index (χ3v) is 5.57. The molecule has 132 valence electrons. The van der Waals surface area contributed by atoms with Crippen LogP contribution in [-0.2, 0) is 16.1 Å². The summed E-state index contributed by atoms with van der Waals surface area (Å²) in [5.41, 5.74) is 2.13. The fourth-order valence-corrected chi connectivity index (χ4v) is 3.72. The van der Waals surface area contributed by atoms with Gasteiger partial charge in [-0.3, -0.25) is 4.79 Å². The molecule has 2 unspecified atom stereocenters. The molecule has 4 nitrogen and oxygen atoms in total. The van der Waals surface area contributed by atoms with Gasteiger partial charge < -0.3 is 9.47 Å². The number of halogens is 1. The highest BCUT2D eigenvalue weighted by Crippen LogP contribution is 2.44. The molecule has 1 aromatic heterocycles. The Labute approximate surface area is 156 Å². The van der Waals surface area contributed by atoms with E-state index in [-0.39, 0.29) is 12.0 Å². The molecule has 1 fully saturated rings. The number of pyridine rings is 1. The summed E-state index contributed by atoms with van der Waals surface area (Å²) >= 11 is 8.10. The molecule has 25 heavy (non-hydrogen) atoms. The van der Waals surface area contributed by atoms with Gasteiger partial charge in [0.05, 0.1) is 5.02 Å². The smallest absolute Gasteiger partial charge is 0.293 e. The Kier molecular flexibility index (Phi) is 6.21. The van der Waals surface area contributed by atoms with E-state index < -0.39 is 0 Å². The Hall–Kier alpha value is -1.72. The van der Waals surface area contributed by atoms with Gasteiger partial charge in [0.1, 0.15) is 23.5 Å². The van der Waals surface area contributed by atoms with Crippen molar-refractivity contribution in [1.29, 1.82) is 0 Å². The van der Waals surface area contributed by atoms with Crippen LogP contribution in [0.4, 0.5) is 0 Å². The van der Waals surface area contributed by atoms with Gasteiger partial charge in [-0.05, 0) is 42.4 Å². The predicted octanol–water partition coefficient (Wildman–Crippen LogP) is 4.85. The molecule has 1 heterocycles. The number of rotatable bonds is 9. The van der Waals surface area contributed by atoms with Crippen molar-refractivity contribution in [2.24, 2.45) is 0 Å². The summed E-state index contributed by atoms with van der Waals surface area (Å²) in [4.78, 5) is 14.8. The second kappa shape index (κ2) is 8.59. The molecule has 1 saturated carbocycles. The minimum atomic E-state index is -0.0196. The summed E-state index contributed by atoms with van der Waals surface area (Å²) in [5.74, 6) is 1.92. The number of nitrogens with zero attached hydrogens (tertiary/aromatic N) is 1. The molecule has 0 N–H and O–H groups in total. The molecule has 0 radical (unpaired) electrons. The lowest BCUT2D eigenvalue weighted by Crippen LogP contribution is -2.00. The average Bonchev–Trinajstić information content (AvgIpc) is 3.39. The molecule has 0 amide bonds. The van der Waals surface area contributed by atoms with Crippen LogP contribution in [0, 0.1) is 0 Å². The van der Waals surface area contributed by atoms with Crippen LogP contribution in [0.2, 0.25) is 5.02 Å². The second-order valence-corrected chi connectivity index (χ2v) is 7.40. The number of thioether (sulfide) groups is 1. The third-order valence-electron chi connectivity index (χ3n) is 4.02. The predicted molar refractivity (Wildman–Crippen MR) is 99.3 cm³/mol. The zero-order valence-corrected chi connectivity index (χ0v) is 15.6. The number of hydrogen-bond acceptors (Lipinski definition) is 5. The second-order valence-electron chi connectivity index (χ2n) is 5.91. The van der Waals surface area contributed by atoms with E-state index >= 15 is 0 Å². The number of hydrogen-bond donors (Lipinski definition) is 0. The molecule has 0 bridgehead atoms. The molecule has 0 spiro atoms. The molecule has 0 saturated heterocycles. The highest BCUT2D eigenvalue weighted by Gasteiger charge is 2.40. The van der Waals surface area contributed by atoms with Gasteiger partial charge in [-0.15, -0.1) is 11.8 Å². The van der Waals surface area contributed by atoms with Crippen molar-refractivity contribution >= 4 is 29.8 Å². The van der Waals surface area contributed by atoms with Crippen LogP contribution in [0.5, 0.6) is 5.75 Å². The number of carbonyl (C=O) groups is 1. The lowest BCUT2D eigenvalue weighted by molar-refractivity contribution is -0.129. The van der Waals surface area contributed by atoms with Gasteiger partial charge in [0.25, 0.3) is 6.47 Å². The number of ether oxygens (including phenoxy) is 2. The summed E-state index contributed by atoms with van der Waals surface area (Å²) in [5, 5.41) is 1.57. The van der Waals surface area contributed by atoms with Crippen molar-refractivity contribution in [3.63, 3.8) is 0 Å². The summed E-state index contributed by atoms with van der Waals surface area (Å²) < 4.78 is 10.9. The topological polar surface area (TPSA) is 48.4 Å². The summed E-state index contributed by atoms with van der Waals surface area (Å²) in [6, 6.07) is 9.70. The van der Waals surface area contributed by atoms with E-state index in [0.717, 1.165) is 34.7 Å². The minimum absolute atomic E-state index is 0.0196. The van der Waals surface area contributed by atoms with Crippen LogP contribution in [0.15, 0.2) is 41.6 Å². The molecule has 6 heteroatoms. The van der Waals surface area contributed by atoms with E-state index in [1.807, 2.05) is 30.3 Å². The average molecular weight is 378 g/mol. The quantitative estimate of drug-likeness (QED) is 0.462. The van der Waals surface area contributed by atoms with E-state index in [1.54, 1.807) is 18.0 Å². The summed E-state index contributed by atoms with van der Waals surface area (Å²) in [6.07, 6.45) is 3.73. The third kappa shape index (κ3) is 4.67. The first-order valence-electron chi connectivity index (χ1n) is 8.31.